The fourth-order valence-electron chi connectivity index (χ4n) is 0.914. The molecule has 0 saturated carbocycles. The molecule has 0 saturated heterocycles. The fraction of sp³-hybridized carbons (Fsp3) is 0. The lowest BCUT2D eigenvalue weighted by atomic mass is 10.3. The van der Waals surface area contributed by atoms with Crippen molar-refractivity contribution in [3.63, 3.8) is 0 Å². The number of nitrogens with one attached hydrogen (secondary N) is 1. The second-order valence-electron chi connectivity index (χ2n) is 2.18. The zero-order valence-corrected chi connectivity index (χ0v) is 5.74. The van der Waals surface area contributed by atoms with Crippen molar-refractivity contribution in [1.29, 1.82) is 0 Å². The lowest BCUT2D eigenvalue weighted by Crippen LogP contribution is -1.83. The lowest BCUT2D eigenvalue weighted by molar-refractivity contribution is 0.580. The summed E-state index contributed by atoms with van der Waals surface area (Å²) in [6, 6.07) is 3.62. The van der Waals surface area contributed by atoms with Crippen LogP contribution in [-0.2, 0) is 0 Å². The Morgan fingerprint density at radius 1 is 1.55 bits per heavy atom. The summed E-state index contributed by atoms with van der Waals surface area (Å²) in [5, 5.41) is 6.51. The summed E-state index contributed by atoms with van der Waals surface area (Å²) in [5.74, 6) is 0.708. The van der Waals surface area contributed by atoms with E-state index in [2.05, 4.69) is 10.2 Å². The van der Waals surface area contributed by atoms with Crippen LogP contribution < -0.4 is 5.73 Å². The Balaban J connectivity index is 2.53. The number of nitrogens with zero attached hydrogens (tertiary/aromatic N) is 1. The first kappa shape index (κ1) is 6.03. The Morgan fingerprint density at radius 3 is 3.00 bits per heavy atom. The maximum atomic E-state index is 5.58. The molecule has 0 aliphatic carbocycles. The second kappa shape index (κ2) is 2.16. The molecule has 0 aliphatic heterocycles. The van der Waals surface area contributed by atoms with Crippen LogP contribution in [0.25, 0.3) is 11.5 Å². The van der Waals surface area contributed by atoms with Gasteiger partial charge in [-0.1, -0.05) is 0 Å². The number of aromatic amines is 1. The summed E-state index contributed by atoms with van der Waals surface area (Å²) in [4.78, 5) is 0. The lowest BCUT2D eigenvalue weighted by Gasteiger charge is -1.90. The predicted molar refractivity (Wildman–Crippen MR) is 40.7 cm³/mol. The number of nitrogen functional groups attached to an aromatic ring is 1. The van der Waals surface area contributed by atoms with E-state index in [9.17, 15) is 0 Å². The van der Waals surface area contributed by atoms with E-state index in [0.29, 0.717) is 11.4 Å². The molecule has 2 aromatic heterocycles. The largest absolute Gasteiger partial charge is 0.463 e. The molecule has 0 atom stereocenters. The topological polar surface area (TPSA) is 67.8 Å². The van der Waals surface area contributed by atoms with Gasteiger partial charge in [-0.15, -0.1) is 0 Å². The number of aromatic nitrogens is 2. The average molecular weight is 149 g/mol. The molecule has 2 heterocycles. The van der Waals surface area contributed by atoms with E-state index in [1.165, 1.54) is 0 Å². The van der Waals surface area contributed by atoms with Gasteiger partial charge in [-0.05, 0) is 12.1 Å². The number of hydrogen-bond donors (Lipinski definition) is 2. The Labute approximate surface area is 63.0 Å². The number of rotatable bonds is 1. The first-order valence-electron chi connectivity index (χ1n) is 3.20. The van der Waals surface area contributed by atoms with Crippen LogP contribution >= 0.6 is 0 Å². The summed E-state index contributed by atoms with van der Waals surface area (Å²) < 4.78 is 5.11. The Hall–Kier alpha value is -1.71. The van der Waals surface area contributed by atoms with E-state index in [0.717, 1.165) is 5.69 Å². The fourth-order valence-corrected chi connectivity index (χ4v) is 0.914. The molecule has 3 N–H and O–H groups in total. The minimum Gasteiger partial charge on any atom is -0.463 e. The van der Waals surface area contributed by atoms with Crippen LogP contribution in [0.15, 0.2) is 29.0 Å². The van der Waals surface area contributed by atoms with Gasteiger partial charge in [0.15, 0.2) is 5.76 Å². The minimum atomic E-state index is 0.597. The third-order valence-corrected chi connectivity index (χ3v) is 1.44. The first-order valence-corrected chi connectivity index (χ1v) is 3.20. The number of furan rings is 1. The van der Waals surface area contributed by atoms with E-state index in [4.69, 9.17) is 10.2 Å². The van der Waals surface area contributed by atoms with Crippen molar-refractivity contribution in [3.8, 4) is 11.5 Å². The van der Waals surface area contributed by atoms with Crippen LogP contribution in [0, 0.1) is 0 Å². The molecule has 0 spiro atoms. The van der Waals surface area contributed by atoms with Gasteiger partial charge >= 0.3 is 0 Å². The highest BCUT2D eigenvalue weighted by Gasteiger charge is 2.05. The third-order valence-electron chi connectivity index (χ3n) is 1.44. The first-order chi connectivity index (χ1) is 5.38. The highest BCUT2D eigenvalue weighted by molar-refractivity contribution is 5.67. The van der Waals surface area contributed by atoms with E-state index in [1.807, 2.05) is 6.07 Å². The minimum absolute atomic E-state index is 0.597. The van der Waals surface area contributed by atoms with Gasteiger partial charge in [0.2, 0.25) is 0 Å². The van der Waals surface area contributed by atoms with Crippen molar-refractivity contribution in [1.82, 2.24) is 10.2 Å². The summed E-state index contributed by atoms with van der Waals surface area (Å²) in [7, 11) is 0. The van der Waals surface area contributed by atoms with Crippen molar-refractivity contribution >= 4 is 5.69 Å². The molecule has 4 nitrogen and oxygen atoms in total. The van der Waals surface area contributed by atoms with E-state index in [1.54, 1.807) is 18.5 Å². The molecular weight excluding hydrogens is 142 g/mol. The van der Waals surface area contributed by atoms with E-state index >= 15 is 0 Å². The maximum Gasteiger partial charge on any atom is 0.153 e. The predicted octanol–water partition coefficient (Wildman–Crippen LogP) is 1.25. The van der Waals surface area contributed by atoms with Gasteiger partial charge in [-0.2, -0.15) is 5.10 Å². The molecule has 11 heavy (non-hydrogen) atoms. The van der Waals surface area contributed by atoms with Crippen molar-refractivity contribution in [2.24, 2.45) is 0 Å². The Bertz CT molecular complexity index is 336. The standard InChI is InChI=1S/C7H7N3O/c8-5-4-9-10-7(5)6-2-1-3-11-6/h1-4H,8H2,(H,9,10). The van der Waals surface area contributed by atoms with Crippen molar-refractivity contribution in [2.45, 2.75) is 0 Å². The molecular formula is C7H7N3O. The molecule has 0 fully saturated rings. The van der Waals surface area contributed by atoms with Crippen LogP contribution in [-0.4, -0.2) is 10.2 Å². The average Bonchev–Trinajstić information content (AvgIpc) is 2.55. The maximum absolute atomic E-state index is 5.58. The summed E-state index contributed by atoms with van der Waals surface area (Å²) in [5.41, 5.74) is 6.91. The Morgan fingerprint density at radius 2 is 2.45 bits per heavy atom. The molecule has 0 aromatic carbocycles. The van der Waals surface area contributed by atoms with Gasteiger partial charge in [-0.3, -0.25) is 5.10 Å². The van der Waals surface area contributed by atoms with E-state index in [-0.39, 0.29) is 0 Å². The van der Waals surface area contributed by atoms with Gasteiger partial charge in [0, 0.05) is 0 Å². The smallest absolute Gasteiger partial charge is 0.153 e. The van der Waals surface area contributed by atoms with Crippen LogP contribution in [0.3, 0.4) is 0 Å². The summed E-state index contributed by atoms with van der Waals surface area (Å²) in [6.07, 6.45) is 3.15. The second-order valence-corrected chi connectivity index (χ2v) is 2.18. The van der Waals surface area contributed by atoms with Crippen LogP contribution in [0.1, 0.15) is 0 Å². The molecule has 0 aliphatic rings. The van der Waals surface area contributed by atoms with Crippen LogP contribution in [0.5, 0.6) is 0 Å². The summed E-state index contributed by atoms with van der Waals surface area (Å²) in [6.45, 7) is 0. The van der Waals surface area contributed by atoms with Crippen molar-refractivity contribution in [3.05, 3.63) is 24.6 Å². The third kappa shape index (κ3) is 0.881. The molecule has 56 valence electrons. The zero-order chi connectivity index (χ0) is 7.68. The number of hydrogen-bond acceptors (Lipinski definition) is 3. The van der Waals surface area contributed by atoms with Crippen LogP contribution in [0.4, 0.5) is 5.69 Å². The van der Waals surface area contributed by atoms with Gasteiger partial charge in [0.25, 0.3) is 0 Å². The van der Waals surface area contributed by atoms with Crippen LogP contribution in [0.2, 0.25) is 0 Å². The van der Waals surface area contributed by atoms with Gasteiger partial charge in [-0.25, -0.2) is 0 Å². The number of H-pyrrole nitrogens is 1. The van der Waals surface area contributed by atoms with Gasteiger partial charge in [0.05, 0.1) is 18.1 Å². The Kier molecular flexibility index (Phi) is 1.18. The molecule has 4 heteroatoms. The zero-order valence-electron chi connectivity index (χ0n) is 5.74. The molecule has 0 unspecified atom stereocenters. The SMILES string of the molecule is Nc1cn[nH]c1-c1ccco1. The monoisotopic (exact) mass is 149 g/mol. The van der Waals surface area contributed by atoms with Gasteiger partial charge < -0.3 is 10.2 Å². The molecule has 0 amide bonds. The molecule has 2 aromatic rings. The number of anilines is 1. The highest BCUT2D eigenvalue weighted by Crippen LogP contribution is 2.22. The molecule has 0 bridgehead atoms. The van der Waals surface area contributed by atoms with E-state index < -0.39 is 0 Å². The van der Waals surface area contributed by atoms with Gasteiger partial charge in [0.1, 0.15) is 5.69 Å². The van der Waals surface area contributed by atoms with Crippen molar-refractivity contribution < 1.29 is 4.42 Å². The number of nitrogens with two attached hydrogens (primary N) is 1. The van der Waals surface area contributed by atoms with Crippen molar-refractivity contribution in [2.75, 3.05) is 5.73 Å². The normalized spacial score (nSPS) is 10.2. The highest BCUT2D eigenvalue weighted by atomic mass is 16.3. The molecule has 0 radical (unpaired) electrons. The quantitative estimate of drug-likeness (QED) is 0.641. The molecule has 2 rings (SSSR count). The summed E-state index contributed by atoms with van der Waals surface area (Å²) >= 11 is 0.